The molecule has 0 saturated heterocycles. The molecule has 0 aliphatic heterocycles. The molecule has 0 N–H and O–H groups in total. The molecule has 0 amide bonds. The fraction of sp³-hybridized carbons (Fsp3) is 0.273. The summed E-state index contributed by atoms with van der Waals surface area (Å²) in [7, 11) is 1.27. The van der Waals surface area contributed by atoms with Gasteiger partial charge in [0.05, 0.1) is 19.3 Å². The van der Waals surface area contributed by atoms with E-state index in [0.717, 1.165) is 0 Å². The minimum absolute atomic E-state index is 0.0655. The van der Waals surface area contributed by atoms with E-state index in [1.54, 1.807) is 19.1 Å². The molecule has 1 aromatic carbocycles. The number of rotatable bonds is 3. The Morgan fingerprint density at radius 2 is 2.06 bits per heavy atom. The van der Waals surface area contributed by atoms with Crippen LogP contribution in [0.4, 0.5) is 4.39 Å². The van der Waals surface area contributed by atoms with E-state index in [-0.39, 0.29) is 22.6 Å². The summed E-state index contributed by atoms with van der Waals surface area (Å²) in [5, 5.41) is 17.5. The summed E-state index contributed by atoms with van der Waals surface area (Å²) in [6.45, 7) is 2.04. The molecular formula is C11H9FN2O2. The molecule has 0 saturated carbocycles. The Kier molecular flexibility index (Phi) is 3.68. The smallest absolute Gasteiger partial charge is 0.198 e. The van der Waals surface area contributed by atoms with E-state index in [2.05, 4.69) is 0 Å². The van der Waals surface area contributed by atoms with Gasteiger partial charge in [-0.3, -0.25) is 0 Å². The maximum atomic E-state index is 13.7. The molecule has 0 unspecified atom stereocenters. The van der Waals surface area contributed by atoms with Crippen molar-refractivity contribution in [1.29, 1.82) is 10.5 Å². The van der Waals surface area contributed by atoms with Crippen LogP contribution in [0.15, 0.2) is 6.07 Å². The van der Waals surface area contributed by atoms with Crippen LogP contribution in [0.3, 0.4) is 0 Å². The number of hydrogen-bond acceptors (Lipinski definition) is 4. The molecule has 4 nitrogen and oxygen atoms in total. The second kappa shape index (κ2) is 4.99. The average molecular weight is 220 g/mol. The molecule has 0 heterocycles. The number of methoxy groups -OCH3 is 1. The van der Waals surface area contributed by atoms with E-state index in [0.29, 0.717) is 6.61 Å². The SMILES string of the molecule is CCOc1cc(C#N)c(C#N)c(F)c1OC. The summed E-state index contributed by atoms with van der Waals surface area (Å²) >= 11 is 0. The molecule has 0 atom stereocenters. The molecule has 5 heteroatoms. The van der Waals surface area contributed by atoms with Crippen molar-refractivity contribution in [2.24, 2.45) is 0 Å². The second-order valence-corrected chi connectivity index (χ2v) is 2.80. The van der Waals surface area contributed by atoms with E-state index in [4.69, 9.17) is 20.0 Å². The lowest BCUT2D eigenvalue weighted by molar-refractivity contribution is 0.301. The first-order valence-electron chi connectivity index (χ1n) is 4.53. The summed E-state index contributed by atoms with van der Waals surface area (Å²) in [6, 6.07) is 4.66. The predicted molar refractivity (Wildman–Crippen MR) is 53.6 cm³/mol. The topological polar surface area (TPSA) is 66.0 Å². The maximum Gasteiger partial charge on any atom is 0.198 e. The van der Waals surface area contributed by atoms with Crippen molar-refractivity contribution in [2.75, 3.05) is 13.7 Å². The Morgan fingerprint density at radius 3 is 2.50 bits per heavy atom. The van der Waals surface area contributed by atoms with Crippen molar-refractivity contribution in [3.05, 3.63) is 23.0 Å². The van der Waals surface area contributed by atoms with Gasteiger partial charge in [-0.05, 0) is 6.92 Å². The van der Waals surface area contributed by atoms with E-state index in [1.165, 1.54) is 13.2 Å². The number of hydrogen-bond donors (Lipinski definition) is 0. The molecule has 0 aliphatic rings. The number of nitriles is 2. The molecule has 82 valence electrons. The third kappa shape index (κ3) is 1.89. The minimum atomic E-state index is -0.868. The van der Waals surface area contributed by atoms with Gasteiger partial charge >= 0.3 is 0 Å². The molecule has 0 spiro atoms. The van der Waals surface area contributed by atoms with E-state index in [1.807, 2.05) is 0 Å². The Bertz CT molecular complexity index is 486. The minimum Gasteiger partial charge on any atom is -0.490 e. The number of benzene rings is 1. The molecule has 1 aromatic rings. The Labute approximate surface area is 92.4 Å². The molecule has 0 aromatic heterocycles. The third-order valence-electron chi connectivity index (χ3n) is 1.92. The Balaban J connectivity index is 3.50. The Hall–Kier alpha value is -2.27. The summed E-state index contributed by atoms with van der Waals surface area (Å²) in [4.78, 5) is 0. The predicted octanol–water partition coefficient (Wildman–Crippen LogP) is 1.98. The average Bonchev–Trinajstić information content (AvgIpc) is 2.29. The first kappa shape index (κ1) is 11.8. The van der Waals surface area contributed by atoms with Crippen molar-refractivity contribution in [3.8, 4) is 23.6 Å². The van der Waals surface area contributed by atoms with Gasteiger partial charge in [-0.1, -0.05) is 0 Å². The van der Waals surface area contributed by atoms with Crippen LogP contribution in [0.1, 0.15) is 18.1 Å². The van der Waals surface area contributed by atoms with Gasteiger partial charge < -0.3 is 9.47 Å². The number of halogens is 1. The van der Waals surface area contributed by atoms with Crippen molar-refractivity contribution in [1.82, 2.24) is 0 Å². The zero-order valence-electron chi connectivity index (χ0n) is 8.87. The van der Waals surface area contributed by atoms with Gasteiger partial charge in [-0.2, -0.15) is 10.5 Å². The number of ether oxygens (including phenoxy) is 2. The van der Waals surface area contributed by atoms with Gasteiger partial charge in [-0.25, -0.2) is 4.39 Å². The molecule has 1 rings (SSSR count). The van der Waals surface area contributed by atoms with Crippen LogP contribution >= 0.6 is 0 Å². The molecular weight excluding hydrogens is 211 g/mol. The van der Waals surface area contributed by atoms with Gasteiger partial charge in [0.25, 0.3) is 0 Å². The largest absolute Gasteiger partial charge is 0.490 e. The fourth-order valence-electron chi connectivity index (χ4n) is 1.26. The second-order valence-electron chi connectivity index (χ2n) is 2.80. The van der Waals surface area contributed by atoms with Crippen LogP contribution in [0.2, 0.25) is 0 Å². The molecule has 0 fully saturated rings. The standard InChI is InChI=1S/C11H9FN2O2/c1-3-16-9-4-7(5-13)8(6-14)10(12)11(9)15-2/h4H,3H2,1-2H3. The van der Waals surface area contributed by atoms with Gasteiger partial charge in [-0.15, -0.1) is 0 Å². The number of nitrogens with zero attached hydrogens (tertiary/aromatic N) is 2. The summed E-state index contributed by atoms with van der Waals surface area (Å²) in [6.07, 6.45) is 0. The highest BCUT2D eigenvalue weighted by atomic mass is 19.1. The highest BCUT2D eigenvalue weighted by Crippen LogP contribution is 2.34. The zero-order chi connectivity index (χ0) is 12.1. The first-order chi connectivity index (χ1) is 7.69. The van der Waals surface area contributed by atoms with Crippen LogP contribution in [-0.4, -0.2) is 13.7 Å². The fourth-order valence-corrected chi connectivity index (χ4v) is 1.26. The first-order valence-corrected chi connectivity index (χ1v) is 4.53. The summed E-state index contributed by atoms with van der Waals surface area (Å²) < 4.78 is 23.7. The lowest BCUT2D eigenvalue weighted by Gasteiger charge is -2.11. The Morgan fingerprint density at radius 1 is 1.38 bits per heavy atom. The normalized spacial score (nSPS) is 9.06. The lowest BCUT2D eigenvalue weighted by Crippen LogP contribution is -2.01. The third-order valence-corrected chi connectivity index (χ3v) is 1.92. The monoisotopic (exact) mass is 220 g/mol. The van der Waals surface area contributed by atoms with Crippen LogP contribution in [0, 0.1) is 28.5 Å². The van der Waals surface area contributed by atoms with Crippen molar-refractivity contribution < 1.29 is 13.9 Å². The van der Waals surface area contributed by atoms with E-state index in [9.17, 15) is 4.39 Å². The van der Waals surface area contributed by atoms with Crippen molar-refractivity contribution >= 4 is 0 Å². The van der Waals surface area contributed by atoms with Gasteiger partial charge in [0.15, 0.2) is 17.3 Å². The highest BCUT2D eigenvalue weighted by molar-refractivity contribution is 5.57. The summed E-state index contributed by atoms with van der Waals surface area (Å²) in [5.74, 6) is -0.900. The maximum absolute atomic E-state index is 13.7. The van der Waals surface area contributed by atoms with Gasteiger partial charge in [0.2, 0.25) is 0 Å². The molecule has 0 aliphatic carbocycles. The van der Waals surface area contributed by atoms with Gasteiger partial charge in [0.1, 0.15) is 17.7 Å². The van der Waals surface area contributed by atoms with E-state index >= 15 is 0 Å². The molecule has 0 bridgehead atoms. The van der Waals surface area contributed by atoms with Crippen molar-refractivity contribution in [3.63, 3.8) is 0 Å². The van der Waals surface area contributed by atoms with E-state index < -0.39 is 5.82 Å². The van der Waals surface area contributed by atoms with Crippen LogP contribution in [0.25, 0.3) is 0 Å². The zero-order valence-corrected chi connectivity index (χ0v) is 8.87. The van der Waals surface area contributed by atoms with Crippen LogP contribution in [0.5, 0.6) is 11.5 Å². The molecule has 16 heavy (non-hydrogen) atoms. The molecule has 0 radical (unpaired) electrons. The van der Waals surface area contributed by atoms with Crippen molar-refractivity contribution in [2.45, 2.75) is 6.92 Å². The summed E-state index contributed by atoms with van der Waals surface area (Å²) in [5.41, 5.74) is -0.396. The highest BCUT2D eigenvalue weighted by Gasteiger charge is 2.19. The quantitative estimate of drug-likeness (QED) is 0.781. The van der Waals surface area contributed by atoms with Gasteiger partial charge in [0, 0.05) is 6.07 Å². The van der Waals surface area contributed by atoms with Crippen LogP contribution in [-0.2, 0) is 0 Å². The lowest BCUT2D eigenvalue weighted by atomic mass is 10.1. The van der Waals surface area contributed by atoms with Crippen LogP contribution < -0.4 is 9.47 Å².